The summed E-state index contributed by atoms with van der Waals surface area (Å²) in [6.45, 7) is 4.79. The molecule has 2 rings (SSSR count). The monoisotopic (exact) mass is 294 g/mol. The Labute approximate surface area is 121 Å². The SMILES string of the molecule is CCCNc1nc(OCC)nc(-c2cccc(F)c2F)n1. The maximum absolute atomic E-state index is 13.9. The van der Waals surface area contributed by atoms with Crippen LogP contribution in [0.1, 0.15) is 20.3 Å². The van der Waals surface area contributed by atoms with Crippen LogP contribution in [0.25, 0.3) is 11.4 Å². The smallest absolute Gasteiger partial charge is 0.321 e. The number of aromatic nitrogens is 3. The Morgan fingerprint density at radius 2 is 1.95 bits per heavy atom. The number of benzene rings is 1. The molecular weight excluding hydrogens is 278 g/mol. The van der Waals surface area contributed by atoms with E-state index < -0.39 is 11.6 Å². The first-order chi connectivity index (χ1) is 10.2. The van der Waals surface area contributed by atoms with Crippen LogP contribution >= 0.6 is 0 Å². The van der Waals surface area contributed by atoms with Gasteiger partial charge in [0.15, 0.2) is 17.5 Å². The van der Waals surface area contributed by atoms with Crippen molar-refractivity contribution in [2.75, 3.05) is 18.5 Å². The van der Waals surface area contributed by atoms with Crippen molar-refractivity contribution in [1.82, 2.24) is 15.0 Å². The topological polar surface area (TPSA) is 59.9 Å². The van der Waals surface area contributed by atoms with Crippen molar-refractivity contribution >= 4 is 5.95 Å². The average Bonchev–Trinajstić information content (AvgIpc) is 2.48. The lowest BCUT2D eigenvalue weighted by Crippen LogP contribution is -2.09. The molecule has 0 unspecified atom stereocenters. The van der Waals surface area contributed by atoms with E-state index >= 15 is 0 Å². The van der Waals surface area contributed by atoms with Crippen LogP contribution in [0.4, 0.5) is 14.7 Å². The highest BCUT2D eigenvalue weighted by atomic mass is 19.2. The summed E-state index contributed by atoms with van der Waals surface area (Å²) in [5, 5.41) is 2.98. The fraction of sp³-hybridized carbons (Fsp3) is 0.357. The summed E-state index contributed by atoms with van der Waals surface area (Å²) in [5.74, 6) is -1.64. The van der Waals surface area contributed by atoms with Crippen LogP contribution in [0, 0.1) is 11.6 Å². The molecule has 1 heterocycles. The summed E-state index contributed by atoms with van der Waals surface area (Å²) in [6.07, 6.45) is 0.874. The fourth-order valence-corrected chi connectivity index (χ4v) is 1.66. The molecule has 0 aliphatic rings. The van der Waals surface area contributed by atoms with Crippen LogP contribution in [0.2, 0.25) is 0 Å². The average molecular weight is 294 g/mol. The third-order valence-electron chi connectivity index (χ3n) is 2.61. The normalized spacial score (nSPS) is 10.5. The van der Waals surface area contributed by atoms with Crippen molar-refractivity contribution in [2.24, 2.45) is 0 Å². The van der Waals surface area contributed by atoms with Gasteiger partial charge in [-0.3, -0.25) is 0 Å². The molecule has 0 atom stereocenters. The summed E-state index contributed by atoms with van der Waals surface area (Å²) < 4.78 is 32.4. The summed E-state index contributed by atoms with van der Waals surface area (Å²) >= 11 is 0. The maximum atomic E-state index is 13.9. The highest BCUT2D eigenvalue weighted by Crippen LogP contribution is 2.23. The van der Waals surface area contributed by atoms with E-state index in [0.717, 1.165) is 12.5 Å². The van der Waals surface area contributed by atoms with Crippen LogP contribution in [-0.2, 0) is 0 Å². The Bertz CT molecular complexity index is 622. The molecule has 1 N–H and O–H groups in total. The van der Waals surface area contributed by atoms with Crippen molar-refractivity contribution in [3.63, 3.8) is 0 Å². The standard InChI is InChI=1S/C14H16F2N4O/c1-3-8-17-13-18-12(19-14(20-13)21-4-2)9-6-5-7-10(15)11(9)16/h5-7H,3-4,8H2,1-2H3,(H,17,18,19,20). The van der Waals surface area contributed by atoms with Gasteiger partial charge in [0.2, 0.25) is 5.95 Å². The van der Waals surface area contributed by atoms with Crippen LogP contribution < -0.4 is 10.1 Å². The van der Waals surface area contributed by atoms with Crippen LogP contribution in [-0.4, -0.2) is 28.1 Å². The van der Waals surface area contributed by atoms with Gasteiger partial charge in [0.05, 0.1) is 12.2 Å². The summed E-state index contributed by atoms with van der Waals surface area (Å²) in [5.41, 5.74) is -0.0297. The quantitative estimate of drug-likeness (QED) is 0.887. The van der Waals surface area contributed by atoms with Gasteiger partial charge in [-0.15, -0.1) is 0 Å². The lowest BCUT2D eigenvalue weighted by Gasteiger charge is -2.09. The molecule has 0 saturated heterocycles. The van der Waals surface area contributed by atoms with Gasteiger partial charge in [0.25, 0.3) is 0 Å². The van der Waals surface area contributed by atoms with Gasteiger partial charge < -0.3 is 10.1 Å². The molecule has 21 heavy (non-hydrogen) atoms. The molecule has 0 fully saturated rings. The first kappa shape index (κ1) is 15.1. The third kappa shape index (κ3) is 3.62. The number of anilines is 1. The zero-order valence-electron chi connectivity index (χ0n) is 11.9. The molecule has 5 nitrogen and oxygen atoms in total. The molecule has 2 aromatic rings. The molecule has 0 saturated carbocycles. The molecule has 1 aromatic heterocycles. The number of hydrogen-bond acceptors (Lipinski definition) is 5. The second-order valence-corrected chi connectivity index (χ2v) is 4.23. The summed E-state index contributed by atoms with van der Waals surface area (Å²) in [4.78, 5) is 12.2. The number of rotatable bonds is 6. The molecule has 7 heteroatoms. The number of ether oxygens (including phenoxy) is 1. The van der Waals surface area contributed by atoms with Crippen molar-refractivity contribution in [1.29, 1.82) is 0 Å². The Morgan fingerprint density at radius 3 is 2.67 bits per heavy atom. The molecule has 112 valence electrons. The molecule has 0 radical (unpaired) electrons. The van der Waals surface area contributed by atoms with Crippen molar-refractivity contribution < 1.29 is 13.5 Å². The highest BCUT2D eigenvalue weighted by molar-refractivity contribution is 5.57. The van der Waals surface area contributed by atoms with Crippen molar-refractivity contribution in [2.45, 2.75) is 20.3 Å². The number of halogens is 2. The van der Waals surface area contributed by atoms with E-state index in [0.29, 0.717) is 13.2 Å². The molecule has 0 bridgehead atoms. The zero-order valence-corrected chi connectivity index (χ0v) is 11.9. The van der Waals surface area contributed by atoms with E-state index in [4.69, 9.17) is 4.74 Å². The first-order valence-corrected chi connectivity index (χ1v) is 6.72. The van der Waals surface area contributed by atoms with Gasteiger partial charge in [-0.05, 0) is 25.5 Å². The molecule has 0 amide bonds. The minimum atomic E-state index is -0.993. The van der Waals surface area contributed by atoms with Gasteiger partial charge in [0.1, 0.15) is 0 Å². The second-order valence-electron chi connectivity index (χ2n) is 4.23. The highest BCUT2D eigenvalue weighted by Gasteiger charge is 2.15. The Kier molecular flexibility index (Phi) is 4.97. The Balaban J connectivity index is 2.45. The van der Waals surface area contributed by atoms with Gasteiger partial charge in [0, 0.05) is 6.54 Å². The van der Waals surface area contributed by atoms with E-state index in [2.05, 4.69) is 20.3 Å². The third-order valence-corrected chi connectivity index (χ3v) is 2.61. The van der Waals surface area contributed by atoms with Crippen LogP contribution in [0.15, 0.2) is 18.2 Å². The van der Waals surface area contributed by atoms with E-state index in [1.807, 2.05) is 6.92 Å². The fourth-order valence-electron chi connectivity index (χ4n) is 1.66. The minimum absolute atomic E-state index is 0.0297. The van der Waals surface area contributed by atoms with Gasteiger partial charge >= 0.3 is 6.01 Å². The van der Waals surface area contributed by atoms with Crippen LogP contribution in [0.5, 0.6) is 6.01 Å². The number of nitrogens with zero attached hydrogens (tertiary/aromatic N) is 3. The van der Waals surface area contributed by atoms with E-state index in [-0.39, 0.29) is 23.3 Å². The first-order valence-electron chi connectivity index (χ1n) is 6.72. The molecule has 0 aliphatic carbocycles. The number of hydrogen-bond donors (Lipinski definition) is 1. The van der Waals surface area contributed by atoms with E-state index in [9.17, 15) is 8.78 Å². The van der Waals surface area contributed by atoms with E-state index in [1.54, 1.807) is 6.92 Å². The van der Waals surface area contributed by atoms with Crippen molar-refractivity contribution in [3.05, 3.63) is 29.8 Å². The van der Waals surface area contributed by atoms with Crippen LogP contribution in [0.3, 0.4) is 0 Å². The van der Waals surface area contributed by atoms with Crippen molar-refractivity contribution in [3.8, 4) is 17.4 Å². The number of nitrogens with one attached hydrogen (secondary N) is 1. The van der Waals surface area contributed by atoms with Gasteiger partial charge in [-0.2, -0.15) is 15.0 Å². The molecule has 1 aromatic carbocycles. The Morgan fingerprint density at radius 1 is 1.14 bits per heavy atom. The second kappa shape index (κ2) is 6.92. The largest absolute Gasteiger partial charge is 0.464 e. The Hall–Kier alpha value is -2.31. The summed E-state index contributed by atoms with van der Waals surface area (Å²) in [7, 11) is 0. The maximum Gasteiger partial charge on any atom is 0.321 e. The zero-order chi connectivity index (χ0) is 15.2. The predicted octanol–water partition coefficient (Wildman–Crippen LogP) is 3.04. The molecular formula is C14H16F2N4O. The lowest BCUT2D eigenvalue weighted by atomic mass is 10.2. The summed E-state index contributed by atoms with van der Waals surface area (Å²) in [6, 6.07) is 3.92. The van der Waals surface area contributed by atoms with E-state index in [1.165, 1.54) is 12.1 Å². The molecule has 0 spiro atoms. The molecule has 0 aliphatic heterocycles. The van der Waals surface area contributed by atoms with Gasteiger partial charge in [-0.1, -0.05) is 13.0 Å². The predicted molar refractivity (Wildman–Crippen MR) is 75.1 cm³/mol. The lowest BCUT2D eigenvalue weighted by molar-refractivity contribution is 0.312. The van der Waals surface area contributed by atoms with Gasteiger partial charge in [-0.25, -0.2) is 8.78 Å². The minimum Gasteiger partial charge on any atom is -0.464 e.